The van der Waals surface area contributed by atoms with E-state index in [2.05, 4.69) is 20.6 Å². The van der Waals surface area contributed by atoms with Crippen molar-refractivity contribution in [2.45, 2.75) is 38.1 Å². The second kappa shape index (κ2) is 8.99. The van der Waals surface area contributed by atoms with E-state index in [1.165, 1.54) is 22.7 Å². The first-order chi connectivity index (χ1) is 17.2. The van der Waals surface area contributed by atoms with E-state index in [4.69, 9.17) is 4.74 Å². The number of para-hydroxylation sites is 1. The highest BCUT2D eigenvalue weighted by Gasteiger charge is 2.33. The molecule has 2 aliphatic rings. The SMILES string of the molecule is O=C(NC1CCCCC1)c1sc2nccc3c2c1NC(=O)N3c1ccc(Oc2ccccc2)cn1. The van der Waals surface area contributed by atoms with Gasteiger partial charge in [0.15, 0.2) is 0 Å². The lowest BCUT2D eigenvalue weighted by atomic mass is 9.95. The van der Waals surface area contributed by atoms with Crippen molar-refractivity contribution in [3.63, 3.8) is 0 Å². The van der Waals surface area contributed by atoms with Gasteiger partial charge in [-0.05, 0) is 43.2 Å². The monoisotopic (exact) mass is 485 g/mol. The molecule has 0 atom stereocenters. The maximum absolute atomic E-state index is 13.2. The van der Waals surface area contributed by atoms with Crippen molar-refractivity contribution in [3.8, 4) is 11.5 Å². The third-order valence-corrected chi connectivity index (χ3v) is 7.42. The maximum atomic E-state index is 13.2. The minimum absolute atomic E-state index is 0.157. The zero-order valence-corrected chi connectivity index (χ0v) is 19.7. The molecule has 1 aliphatic carbocycles. The molecule has 8 nitrogen and oxygen atoms in total. The summed E-state index contributed by atoms with van der Waals surface area (Å²) in [5, 5.41) is 6.82. The number of hydrogen-bond donors (Lipinski definition) is 2. The fourth-order valence-corrected chi connectivity index (χ4v) is 5.68. The number of rotatable bonds is 5. The number of urea groups is 1. The number of anilines is 3. The molecular weight excluding hydrogens is 462 g/mol. The number of amides is 3. The second-order valence-electron chi connectivity index (χ2n) is 8.66. The largest absolute Gasteiger partial charge is 0.456 e. The number of nitrogens with one attached hydrogen (secondary N) is 2. The summed E-state index contributed by atoms with van der Waals surface area (Å²) in [6, 6.07) is 14.5. The minimum atomic E-state index is -0.376. The van der Waals surface area contributed by atoms with Crippen LogP contribution in [0.5, 0.6) is 11.5 Å². The fourth-order valence-electron chi connectivity index (χ4n) is 4.66. The summed E-state index contributed by atoms with van der Waals surface area (Å²) in [5.41, 5.74) is 1.16. The Hall–Kier alpha value is -3.98. The lowest BCUT2D eigenvalue weighted by molar-refractivity contribution is 0.0932. The van der Waals surface area contributed by atoms with E-state index < -0.39 is 0 Å². The Balaban J connectivity index is 1.31. The molecular formula is C26H23N5O3S. The number of ether oxygens (including phenoxy) is 1. The molecule has 6 rings (SSSR count). The molecule has 0 bridgehead atoms. The number of benzene rings is 1. The Labute approximate surface area is 206 Å². The Kier molecular flexibility index (Phi) is 5.54. The van der Waals surface area contributed by atoms with Gasteiger partial charge in [0.25, 0.3) is 5.91 Å². The van der Waals surface area contributed by atoms with Crippen molar-refractivity contribution in [1.29, 1.82) is 0 Å². The van der Waals surface area contributed by atoms with Gasteiger partial charge in [-0.3, -0.25) is 4.79 Å². The van der Waals surface area contributed by atoms with E-state index in [1.54, 1.807) is 30.6 Å². The second-order valence-corrected chi connectivity index (χ2v) is 9.66. The summed E-state index contributed by atoms with van der Waals surface area (Å²) < 4.78 is 5.82. The highest BCUT2D eigenvalue weighted by molar-refractivity contribution is 7.21. The Bertz CT molecular complexity index is 1400. The van der Waals surface area contributed by atoms with Crippen LogP contribution < -0.4 is 20.3 Å². The summed E-state index contributed by atoms with van der Waals surface area (Å²) in [6.07, 6.45) is 8.69. The van der Waals surface area contributed by atoms with Crippen molar-refractivity contribution in [2.24, 2.45) is 0 Å². The van der Waals surface area contributed by atoms with Crippen LogP contribution in [0.15, 0.2) is 60.9 Å². The van der Waals surface area contributed by atoms with Crippen LogP contribution in [0.1, 0.15) is 41.8 Å². The predicted molar refractivity (Wildman–Crippen MR) is 136 cm³/mol. The topological polar surface area (TPSA) is 96.5 Å². The van der Waals surface area contributed by atoms with Crippen LogP contribution in [0, 0.1) is 0 Å². The number of carbonyl (C=O) groups is 2. The van der Waals surface area contributed by atoms with Gasteiger partial charge < -0.3 is 15.4 Å². The molecule has 0 spiro atoms. The summed E-state index contributed by atoms with van der Waals surface area (Å²) in [7, 11) is 0. The van der Waals surface area contributed by atoms with Gasteiger partial charge in [-0.2, -0.15) is 0 Å². The molecule has 0 unspecified atom stereocenters. The third-order valence-electron chi connectivity index (χ3n) is 6.32. The maximum Gasteiger partial charge on any atom is 0.332 e. The van der Waals surface area contributed by atoms with Crippen LogP contribution in [-0.4, -0.2) is 27.9 Å². The molecule has 3 amide bonds. The van der Waals surface area contributed by atoms with E-state index in [1.807, 2.05) is 30.3 Å². The van der Waals surface area contributed by atoms with E-state index in [9.17, 15) is 9.59 Å². The van der Waals surface area contributed by atoms with Gasteiger partial charge in [0.1, 0.15) is 27.0 Å². The average molecular weight is 486 g/mol. The lowest BCUT2D eigenvalue weighted by Gasteiger charge is -2.27. The number of aromatic nitrogens is 2. The van der Waals surface area contributed by atoms with Crippen LogP contribution in [0.2, 0.25) is 0 Å². The van der Waals surface area contributed by atoms with Crippen LogP contribution in [0.4, 0.5) is 22.0 Å². The van der Waals surface area contributed by atoms with Gasteiger partial charge in [0.05, 0.1) is 23.0 Å². The van der Waals surface area contributed by atoms with Crippen LogP contribution in [0.25, 0.3) is 10.2 Å². The van der Waals surface area contributed by atoms with E-state index in [-0.39, 0.29) is 18.0 Å². The molecule has 4 aromatic rings. The Morgan fingerprint density at radius 2 is 1.86 bits per heavy atom. The standard InChI is InChI=1S/C26H23N5O3S/c32-24(29-16-7-3-1-4-8-16)23-22-21-19(13-14-27-25(21)35-23)31(26(33)30-22)20-12-11-18(15-28-20)34-17-9-5-2-6-10-17/h2,5-6,9-16H,1,3-4,7-8H2,(H,29,32)(H,30,33). The van der Waals surface area contributed by atoms with Gasteiger partial charge in [-0.1, -0.05) is 37.5 Å². The summed E-state index contributed by atoms with van der Waals surface area (Å²) in [4.78, 5) is 38.0. The smallest absolute Gasteiger partial charge is 0.332 e. The molecule has 1 aromatic carbocycles. The number of hydrogen-bond acceptors (Lipinski definition) is 6. The summed E-state index contributed by atoms with van der Waals surface area (Å²) in [5.74, 6) is 1.56. The van der Waals surface area contributed by atoms with Crippen molar-refractivity contribution in [2.75, 3.05) is 10.2 Å². The normalized spacial score (nSPS) is 15.7. The fraction of sp³-hybridized carbons (Fsp3) is 0.231. The number of pyridine rings is 2. The molecule has 0 radical (unpaired) electrons. The van der Waals surface area contributed by atoms with Crippen LogP contribution in [-0.2, 0) is 0 Å². The highest BCUT2D eigenvalue weighted by atomic mass is 32.1. The van der Waals surface area contributed by atoms with E-state index in [0.29, 0.717) is 38.4 Å². The molecule has 3 aromatic heterocycles. The van der Waals surface area contributed by atoms with Crippen LogP contribution >= 0.6 is 11.3 Å². The quantitative estimate of drug-likeness (QED) is 0.349. The van der Waals surface area contributed by atoms with Crippen molar-refractivity contribution < 1.29 is 14.3 Å². The molecule has 1 fully saturated rings. The van der Waals surface area contributed by atoms with Crippen molar-refractivity contribution in [3.05, 3.63) is 65.8 Å². The number of carbonyl (C=O) groups excluding carboxylic acids is 2. The zero-order valence-electron chi connectivity index (χ0n) is 18.9. The third kappa shape index (κ3) is 4.08. The molecule has 1 aliphatic heterocycles. The first-order valence-electron chi connectivity index (χ1n) is 11.7. The first-order valence-corrected chi connectivity index (χ1v) is 12.5. The minimum Gasteiger partial charge on any atom is -0.456 e. The highest BCUT2D eigenvalue weighted by Crippen LogP contribution is 2.45. The Morgan fingerprint density at radius 3 is 2.63 bits per heavy atom. The van der Waals surface area contributed by atoms with E-state index >= 15 is 0 Å². The van der Waals surface area contributed by atoms with Crippen molar-refractivity contribution >= 4 is 50.7 Å². The van der Waals surface area contributed by atoms with E-state index in [0.717, 1.165) is 31.1 Å². The molecule has 9 heteroatoms. The molecule has 0 saturated heterocycles. The van der Waals surface area contributed by atoms with Gasteiger partial charge in [-0.15, -0.1) is 11.3 Å². The zero-order chi connectivity index (χ0) is 23.8. The molecule has 2 N–H and O–H groups in total. The molecule has 176 valence electrons. The average Bonchev–Trinajstić information content (AvgIpc) is 3.26. The van der Waals surface area contributed by atoms with Crippen molar-refractivity contribution in [1.82, 2.24) is 15.3 Å². The first kappa shape index (κ1) is 21.5. The van der Waals surface area contributed by atoms with Crippen LogP contribution in [0.3, 0.4) is 0 Å². The van der Waals surface area contributed by atoms with Gasteiger partial charge in [0, 0.05) is 12.2 Å². The lowest BCUT2D eigenvalue weighted by Crippen LogP contribution is -2.37. The number of thiophene rings is 1. The Morgan fingerprint density at radius 1 is 1.03 bits per heavy atom. The summed E-state index contributed by atoms with van der Waals surface area (Å²) in [6.45, 7) is 0. The van der Waals surface area contributed by atoms with Gasteiger partial charge in [-0.25, -0.2) is 19.7 Å². The predicted octanol–water partition coefficient (Wildman–Crippen LogP) is 6.23. The van der Waals surface area contributed by atoms with Gasteiger partial charge >= 0.3 is 6.03 Å². The molecule has 4 heterocycles. The molecule has 35 heavy (non-hydrogen) atoms. The number of nitrogens with zero attached hydrogens (tertiary/aromatic N) is 3. The molecule has 1 saturated carbocycles. The summed E-state index contributed by atoms with van der Waals surface area (Å²) >= 11 is 1.30. The van der Waals surface area contributed by atoms with Gasteiger partial charge in [0.2, 0.25) is 0 Å².